The van der Waals surface area contributed by atoms with Crippen LogP contribution < -0.4 is 11.2 Å². The van der Waals surface area contributed by atoms with Gasteiger partial charge in [-0.2, -0.15) is 0 Å². The zero-order valence-corrected chi connectivity index (χ0v) is 13.4. The summed E-state index contributed by atoms with van der Waals surface area (Å²) in [5, 5.41) is 18.6. The van der Waals surface area contributed by atoms with Gasteiger partial charge >= 0.3 is 5.97 Å². The SMILES string of the molecule is NC1(c2nc3c(cc2F)c(=O)c(C(=O)O)cn3-c2ccc(O)cc2)CC1. The average Bonchev–Trinajstić information content (AvgIpc) is 3.34. The molecule has 26 heavy (non-hydrogen) atoms. The molecule has 8 heteroatoms. The van der Waals surface area contributed by atoms with E-state index in [-0.39, 0.29) is 22.5 Å². The Kier molecular flexibility index (Phi) is 3.35. The molecule has 1 aromatic carbocycles. The smallest absolute Gasteiger partial charge is 0.341 e. The quantitative estimate of drug-likeness (QED) is 0.660. The van der Waals surface area contributed by atoms with Gasteiger partial charge in [-0.15, -0.1) is 0 Å². The van der Waals surface area contributed by atoms with Crippen LogP contribution in [0.15, 0.2) is 41.3 Å². The van der Waals surface area contributed by atoms with Gasteiger partial charge in [0, 0.05) is 11.9 Å². The molecule has 1 aliphatic rings. The van der Waals surface area contributed by atoms with Gasteiger partial charge in [-0.3, -0.25) is 4.79 Å². The highest BCUT2D eigenvalue weighted by Crippen LogP contribution is 2.43. The first-order valence-electron chi connectivity index (χ1n) is 7.88. The Morgan fingerprint density at radius 2 is 1.92 bits per heavy atom. The molecule has 0 amide bonds. The molecule has 0 unspecified atom stereocenters. The molecular weight excluding hydrogens is 341 g/mol. The summed E-state index contributed by atoms with van der Waals surface area (Å²) in [5.41, 5.74) is 4.51. The van der Waals surface area contributed by atoms with Crippen molar-refractivity contribution in [1.82, 2.24) is 9.55 Å². The third-order valence-corrected chi connectivity index (χ3v) is 4.55. The van der Waals surface area contributed by atoms with E-state index in [1.807, 2.05) is 0 Å². The molecule has 132 valence electrons. The van der Waals surface area contributed by atoms with E-state index < -0.39 is 28.3 Å². The monoisotopic (exact) mass is 355 g/mol. The van der Waals surface area contributed by atoms with Gasteiger partial charge in [-0.25, -0.2) is 14.2 Å². The highest BCUT2D eigenvalue weighted by Gasteiger charge is 2.44. The molecular formula is C18H14FN3O4. The summed E-state index contributed by atoms with van der Waals surface area (Å²) in [6.45, 7) is 0. The van der Waals surface area contributed by atoms with Crippen molar-refractivity contribution >= 4 is 17.0 Å². The van der Waals surface area contributed by atoms with Crippen LogP contribution in [0.2, 0.25) is 0 Å². The molecule has 2 aromatic heterocycles. The van der Waals surface area contributed by atoms with Crippen molar-refractivity contribution in [2.24, 2.45) is 5.73 Å². The topological polar surface area (TPSA) is 118 Å². The minimum absolute atomic E-state index is 0.0242. The Hall–Kier alpha value is -3.26. The normalized spacial score (nSPS) is 15.2. The molecule has 1 saturated carbocycles. The number of nitrogens with zero attached hydrogens (tertiary/aromatic N) is 2. The maximum atomic E-state index is 14.5. The number of carboxylic acid groups (broad SMARTS) is 1. The van der Waals surface area contributed by atoms with Gasteiger partial charge in [0.2, 0.25) is 5.43 Å². The minimum Gasteiger partial charge on any atom is -0.508 e. The second-order valence-electron chi connectivity index (χ2n) is 6.41. The number of pyridine rings is 2. The molecule has 4 rings (SSSR count). The molecule has 0 spiro atoms. The number of carbonyl (C=O) groups is 1. The Labute approximate surface area is 146 Å². The zero-order valence-electron chi connectivity index (χ0n) is 13.4. The van der Waals surface area contributed by atoms with Crippen LogP contribution in [-0.4, -0.2) is 25.7 Å². The molecule has 3 aromatic rings. The number of aromatic hydroxyl groups is 1. The van der Waals surface area contributed by atoms with Crippen LogP contribution in [0, 0.1) is 5.82 Å². The summed E-state index contributed by atoms with van der Waals surface area (Å²) < 4.78 is 15.9. The first kappa shape index (κ1) is 16.2. The molecule has 1 aliphatic carbocycles. The van der Waals surface area contributed by atoms with Gasteiger partial charge in [-0.05, 0) is 43.2 Å². The highest BCUT2D eigenvalue weighted by molar-refractivity contribution is 5.92. The molecule has 7 nitrogen and oxygen atoms in total. The molecule has 4 N–H and O–H groups in total. The molecule has 0 radical (unpaired) electrons. The van der Waals surface area contributed by atoms with Crippen molar-refractivity contribution in [2.75, 3.05) is 0 Å². The maximum Gasteiger partial charge on any atom is 0.341 e. The Morgan fingerprint density at radius 3 is 2.50 bits per heavy atom. The van der Waals surface area contributed by atoms with Crippen molar-refractivity contribution in [3.8, 4) is 11.4 Å². The van der Waals surface area contributed by atoms with Crippen LogP contribution in [0.1, 0.15) is 28.9 Å². The fourth-order valence-electron chi connectivity index (χ4n) is 2.91. The van der Waals surface area contributed by atoms with Crippen molar-refractivity contribution in [3.05, 3.63) is 63.8 Å². The molecule has 0 aliphatic heterocycles. The predicted molar refractivity (Wildman–Crippen MR) is 91.0 cm³/mol. The van der Waals surface area contributed by atoms with Crippen LogP contribution in [0.25, 0.3) is 16.7 Å². The van der Waals surface area contributed by atoms with Crippen LogP contribution in [0.4, 0.5) is 4.39 Å². The van der Waals surface area contributed by atoms with Gasteiger partial charge < -0.3 is 20.5 Å². The van der Waals surface area contributed by atoms with Gasteiger partial charge in [0.1, 0.15) is 22.8 Å². The lowest BCUT2D eigenvalue weighted by Gasteiger charge is -2.15. The molecule has 0 saturated heterocycles. The first-order chi connectivity index (χ1) is 12.3. The van der Waals surface area contributed by atoms with E-state index in [9.17, 15) is 24.2 Å². The summed E-state index contributed by atoms with van der Waals surface area (Å²) in [6, 6.07) is 6.89. The summed E-state index contributed by atoms with van der Waals surface area (Å²) in [7, 11) is 0. The van der Waals surface area contributed by atoms with E-state index in [2.05, 4.69) is 4.98 Å². The number of halogens is 1. The summed E-state index contributed by atoms with van der Waals surface area (Å²) in [4.78, 5) is 28.2. The van der Waals surface area contributed by atoms with Crippen molar-refractivity contribution in [3.63, 3.8) is 0 Å². The number of phenols is 1. The zero-order chi connectivity index (χ0) is 18.6. The maximum absolute atomic E-state index is 14.5. The Bertz CT molecular complexity index is 1120. The van der Waals surface area contributed by atoms with Crippen LogP contribution >= 0.6 is 0 Å². The van der Waals surface area contributed by atoms with Gasteiger partial charge in [-0.1, -0.05) is 0 Å². The van der Waals surface area contributed by atoms with Gasteiger partial charge in [0.15, 0.2) is 0 Å². The van der Waals surface area contributed by atoms with Crippen molar-refractivity contribution < 1.29 is 19.4 Å². The number of fused-ring (bicyclic) bond motifs is 1. The van der Waals surface area contributed by atoms with Crippen molar-refractivity contribution in [2.45, 2.75) is 18.4 Å². The number of phenolic OH excluding ortho intramolecular Hbond substituents is 1. The standard InChI is InChI=1S/C18H14FN3O4/c19-13-7-11-14(24)12(17(25)26)8-22(9-1-3-10(23)4-2-9)16(11)21-15(13)18(20)5-6-18/h1-4,7-8,23H,5-6,20H2,(H,25,26). The second kappa shape index (κ2) is 5.37. The molecule has 0 bridgehead atoms. The van der Waals surface area contributed by atoms with Gasteiger partial charge in [0.05, 0.1) is 16.6 Å². The van der Waals surface area contributed by atoms with Gasteiger partial charge in [0.25, 0.3) is 0 Å². The summed E-state index contributed by atoms with van der Waals surface area (Å²) >= 11 is 0. The lowest BCUT2D eigenvalue weighted by atomic mass is 10.1. The highest BCUT2D eigenvalue weighted by atomic mass is 19.1. The Morgan fingerprint density at radius 1 is 1.27 bits per heavy atom. The minimum atomic E-state index is -1.42. The van der Waals surface area contributed by atoms with E-state index in [1.165, 1.54) is 28.8 Å². The lowest BCUT2D eigenvalue weighted by Crippen LogP contribution is -2.25. The predicted octanol–water partition coefficient (Wildman–Crippen LogP) is 1.88. The molecule has 2 heterocycles. The van der Waals surface area contributed by atoms with E-state index in [0.717, 1.165) is 12.3 Å². The fraction of sp³-hybridized carbons (Fsp3) is 0.167. The number of aromatic nitrogens is 2. The summed E-state index contributed by atoms with van der Waals surface area (Å²) in [6.07, 6.45) is 2.31. The number of aromatic carboxylic acids is 1. The van der Waals surface area contributed by atoms with E-state index >= 15 is 0 Å². The molecule has 0 atom stereocenters. The average molecular weight is 355 g/mol. The molecule has 1 fully saturated rings. The summed E-state index contributed by atoms with van der Waals surface area (Å²) in [5.74, 6) is -2.13. The number of benzene rings is 1. The lowest BCUT2D eigenvalue weighted by molar-refractivity contribution is 0.0695. The number of nitrogens with two attached hydrogens (primary N) is 1. The first-order valence-corrected chi connectivity index (χ1v) is 7.88. The van der Waals surface area contributed by atoms with Crippen molar-refractivity contribution in [1.29, 1.82) is 0 Å². The number of rotatable bonds is 3. The van der Waals surface area contributed by atoms with Crippen LogP contribution in [0.3, 0.4) is 0 Å². The largest absolute Gasteiger partial charge is 0.508 e. The number of carboxylic acids is 1. The van der Waals surface area contributed by atoms with E-state index in [0.29, 0.717) is 18.5 Å². The third-order valence-electron chi connectivity index (χ3n) is 4.55. The van der Waals surface area contributed by atoms with E-state index in [4.69, 9.17) is 5.73 Å². The number of hydrogen-bond acceptors (Lipinski definition) is 5. The van der Waals surface area contributed by atoms with Crippen LogP contribution in [0.5, 0.6) is 5.75 Å². The third kappa shape index (κ3) is 2.42. The fourth-order valence-corrected chi connectivity index (χ4v) is 2.91. The second-order valence-corrected chi connectivity index (χ2v) is 6.41. The number of hydrogen-bond donors (Lipinski definition) is 3. The Balaban J connectivity index is 2.10. The van der Waals surface area contributed by atoms with Crippen LogP contribution in [-0.2, 0) is 5.54 Å². The van der Waals surface area contributed by atoms with E-state index in [1.54, 1.807) is 0 Å².